The Morgan fingerprint density at radius 1 is 1.50 bits per heavy atom. The molecule has 0 bridgehead atoms. The van der Waals surface area contributed by atoms with Gasteiger partial charge in [-0.3, -0.25) is 4.79 Å². The van der Waals surface area contributed by atoms with E-state index in [1.54, 1.807) is 17.0 Å². The summed E-state index contributed by atoms with van der Waals surface area (Å²) in [4.78, 5) is 18.5. The Morgan fingerprint density at radius 2 is 2.28 bits per heavy atom. The summed E-state index contributed by atoms with van der Waals surface area (Å²) in [5, 5.41) is 9.41. The Kier molecular flexibility index (Phi) is 4.01. The van der Waals surface area contributed by atoms with Gasteiger partial charge in [0.1, 0.15) is 0 Å². The van der Waals surface area contributed by atoms with Crippen LogP contribution in [0.1, 0.15) is 39.2 Å². The van der Waals surface area contributed by atoms with Crippen LogP contribution in [0, 0.1) is 0 Å². The second-order valence-corrected chi connectivity index (χ2v) is 5.08. The fraction of sp³-hybridized carbons (Fsp3) is 0.692. The zero-order valence-corrected chi connectivity index (χ0v) is 11.0. The quantitative estimate of drug-likeness (QED) is 0.876. The van der Waals surface area contributed by atoms with Gasteiger partial charge >= 0.3 is 0 Å². The van der Waals surface area contributed by atoms with Gasteiger partial charge in [0, 0.05) is 25.0 Å². The molecule has 0 spiro atoms. The first-order chi connectivity index (χ1) is 8.65. The van der Waals surface area contributed by atoms with Crippen molar-refractivity contribution in [2.45, 2.75) is 45.2 Å². The van der Waals surface area contributed by atoms with Crippen molar-refractivity contribution in [1.29, 1.82) is 0 Å². The minimum absolute atomic E-state index is 0.0296. The highest BCUT2D eigenvalue weighted by Crippen LogP contribution is 2.20. The van der Waals surface area contributed by atoms with E-state index in [0.717, 1.165) is 25.8 Å². The molecular formula is C13H21N3O2. The molecule has 0 aliphatic carbocycles. The van der Waals surface area contributed by atoms with Gasteiger partial charge in [0.2, 0.25) is 0 Å². The zero-order valence-electron chi connectivity index (χ0n) is 11.0. The van der Waals surface area contributed by atoms with Crippen LogP contribution in [0.5, 0.6) is 0 Å². The smallest absolute Gasteiger partial charge is 0.293 e. The molecule has 18 heavy (non-hydrogen) atoms. The van der Waals surface area contributed by atoms with Gasteiger partial charge in [-0.15, -0.1) is 0 Å². The van der Waals surface area contributed by atoms with Crippen molar-refractivity contribution in [3.05, 3.63) is 22.7 Å². The fourth-order valence-corrected chi connectivity index (χ4v) is 2.49. The molecule has 0 amide bonds. The first-order valence-electron chi connectivity index (χ1n) is 6.59. The van der Waals surface area contributed by atoms with Crippen LogP contribution in [0.2, 0.25) is 0 Å². The third kappa shape index (κ3) is 2.41. The lowest BCUT2D eigenvalue weighted by atomic mass is 10.0. The van der Waals surface area contributed by atoms with E-state index in [9.17, 15) is 9.90 Å². The van der Waals surface area contributed by atoms with Gasteiger partial charge in [0.05, 0.1) is 12.6 Å². The summed E-state index contributed by atoms with van der Waals surface area (Å²) in [7, 11) is 0. The van der Waals surface area contributed by atoms with E-state index in [0.29, 0.717) is 5.82 Å². The monoisotopic (exact) mass is 251 g/mol. The Hall–Kier alpha value is -1.36. The Morgan fingerprint density at radius 3 is 2.94 bits per heavy atom. The molecule has 1 aromatic rings. The predicted octanol–water partition coefficient (Wildman–Crippen LogP) is 1.18. The molecule has 0 radical (unpaired) electrons. The molecule has 0 saturated carbocycles. The summed E-state index contributed by atoms with van der Waals surface area (Å²) in [5.41, 5.74) is -0.0622. The lowest BCUT2D eigenvalue weighted by Crippen LogP contribution is -2.45. The highest BCUT2D eigenvalue weighted by atomic mass is 16.3. The van der Waals surface area contributed by atoms with E-state index in [2.05, 4.69) is 4.98 Å². The average Bonchev–Trinajstić information content (AvgIpc) is 2.38. The second-order valence-electron chi connectivity index (χ2n) is 5.08. The van der Waals surface area contributed by atoms with Crippen LogP contribution in [-0.4, -0.2) is 33.9 Å². The van der Waals surface area contributed by atoms with E-state index in [1.165, 1.54) is 0 Å². The van der Waals surface area contributed by atoms with E-state index >= 15 is 0 Å². The number of hydrogen-bond acceptors (Lipinski definition) is 4. The Balaban J connectivity index is 2.38. The van der Waals surface area contributed by atoms with Crippen LogP contribution in [0.25, 0.3) is 0 Å². The fourth-order valence-electron chi connectivity index (χ4n) is 2.49. The van der Waals surface area contributed by atoms with Crippen LogP contribution in [-0.2, 0) is 0 Å². The number of hydrogen-bond donors (Lipinski definition) is 1. The predicted molar refractivity (Wildman–Crippen MR) is 71.0 cm³/mol. The van der Waals surface area contributed by atoms with Crippen LogP contribution in [0.3, 0.4) is 0 Å². The van der Waals surface area contributed by atoms with Crippen molar-refractivity contribution >= 4 is 5.82 Å². The largest absolute Gasteiger partial charge is 0.394 e. The van der Waals surface area contributed by atoms with Gasteiger partial charge in [-0.2, -0.15) is 0 Å². The average molecular weight is 251 g/mol. The van der Waals surface area contributed by atoms with Gasteiger partial charge in [0.25, 0.3) is 5.56 Å². The molecule has 1 aliphatic rings. The summed E-state index contributed by atoms with van der Waals surface area (Å²) in [6.45, 7) is 4.84. The number of aliphatic hydroxyl groups excluding tert-OH is 1. The van der Waals surface area contributed by atoms with Gasteiger partial charge in [-0.25, -0.2) is 4.98 Å². The first-order valence-corrected chi connectivity index (χ1v) is 6.59. The molecule has 1 fully saturated rings. The summed E-state index contributed by atoms with van der Waals surface area (Å²) in [5.74, 6) is 0.477. The molecular weight excluding hydrogens is 230 g/mol. The minimum Gasteiger partial charge on any atom is -0.394 e. The molecule has 1 unspecified atom stereocenters. The summed E-state index contributed by atoms with van der Waals surface area (Å²) < 4.78 is 1.69. The molecule has 1 saturated heterocycles. The van der Waals surface area contributed by atoms with E-state index in [1.807, 2.05) is 18.7 Å². The lowest BCUT2D eigenvalue weighted by molar-refractivity contribution is 0.239. The molecule has 1 atom stereocenters. The summed E-state index contributed by atoms with van der Waals surface area (Å²) in [6.07, 6.45) is 6.46. The van der Waals surface area contributed by atoms with E-state index in [-0.39, 0.29) is 24.2 Å². The number of piperidine rings is 1. The molecule has 1 aliphatic heterocycles. The maximum Gasteiger partial charge on any atom is 0.293 e. The van der Waals surface area contributed by atoms with Crippen molar-refractivity contribution < 1.29 is 5.11 Å². The molecule has 100 valence electrons. The van der Waals surface area contributed by atoms with Crippen molar-refractivity contribution in [2.24, 2.45) is 0 Å². The lowest BCUT2D eigenvalue weighted by Gasteiger charge is -2.35. The van der Waals surface area contributed by atoms with Gasteiger partial charge in [-0.05, 0) is 33.1 Å². The highest BCUT2D eigenvalue weighted by molar-refractivity contribution is 5.38. The van der Waals surface area contributed by atoms with Crippen LogP contribution in [0.15, 0.2) is 17.2 Å². The van der Waals surface area contributed by atoms with Gasteiger partial charge in [0.15, 0.2) is 5.82 Å². The normalized spacial score (nSPS) is 20.4. The zero-order chi connectivity index (χ0) is 13.1. The number of nitrogens with zero attached hydrogens (tertiary/aromatic N) is 3. The maximum atomic E-state index is 12.3. The standard InChI is InChI=1S/C13H21N3O2/c1-10(2)15-8-6-14-12(13(15)18)16-7-4-3-5-11(16)9-17/h6,8,10-11,17H,3-5,7,9H2,1-2H3. The molecule has 5 nitrogen and oxygen atoms in total. The maximum absolute atomic E-state index is 12.3. The number of rotatable bonds is 3. The minimum atomic E-state index is -0.0622. The molecule has 2 heterocycles. The van der Waals surface area contributed by atoms with Gasteiger partial charge < -0.3 is 14.6 Å². The highest BCUT2D eigenvalue weighted by Gasteiger charge is 2.25. The third-order valence-corrected chi connectivity index (χ3v) is 3.52. The second kappa shape index (κ2) is 5.52. The van der Waals surface area contributed by atoms with Crippen molar-refractivity contribution in [1.82, 2.24) is 9.55 Å². The number of aromatic nitrogens is 2. The van der Waals surface area contributed by atoms with E-state index in [4.69, 9.17) is 0 Å². The van der Waals surface area contributed by atoms with Crippen molar-refractivity contribution in [3.8, 4) is 0 Å². The third-order valence-electron chi connectivity index (χ3n) is 3.52. The topological polar surface area (TPSA) is 58.4 Å². The molecule has 1 N–H and O–H groups in total. The number of anilines is 1. The number of aliphatic hydroxyl groups is 1. The molecule has 0 aromatic carbocycles. The Bertz CT molecular complexity index is 456. The van der Waals surface area contributed by atoms with Crippen LogP contribution in [0.4, 0.5) is 5.82 Å². The summed E-state index contributed by atoms with van der Waals surface area (Å²) >= 11 is 0. The van der Waals surface area contributed by atoms with E-state index < -0.39 is 0 Å². The molecule has 1 aromatic heterocycles. The van der Waals surface area contributed by atoms with Crippen molar-refractivity contribution in [3.63, 3.8) is 0 Å². The first kappa shape index (κ1) is 13.1. The van der Waals surface area contributed by atoms with Crippen molar-refractivity contribution in [2.75, 3.05) is 18.1 Å². The SMILES string of the molecule is CC(C)n1ccnc(N2CCCCC2CO)c1=O. The van der Waals surface area contributed by atoms with Crippen LogP contribution < -0.4 is 10.5 Å². The summed E-state index contributed by atoms with van der Waals surface area (Å²) in [6, 6.07) is 0.151. The van der Waals surface area contributed by atoms with Crippen LogP contribution >= 0.6 is 0 Å². The molecule has 5 heteroatoms. The van der Waals surface area contributed by atoms with Gasteiger partial charge in [-0.1, -0.05) is 0 Å². The molecule has 2 rings (SSSR count). The Labute approximate surface area is 107 Å².